The maximum atomic E-state index is 11.8. The normalized spacial score (nSPS) is 10.8. The van der Waals surface area contributed by atoms with Crippen LogP contribution in [0.3, 0.4) is 0 Å². The predicted molar refractivity (Wildman–Crippen MR) is 109 cm³/mol. The maximum absolute atomic E-state index is 11.8. The highest BCUT2D eigenvalue weighted by atomic mass is 16.6. The van der Waals surface area contributed by atoms with Crippen molar-refractivity contribution in [1.82, 2.24) is 15.0 Å². The van der Waals surface area contributed by atoms with E-state index in [1.807, 2.05) is 30.3 Å². The van der Waals surface area contributed by atoms with E-state index in [9.17, 15) is 14.9 Å². The van der Waals surface area contributed by atoms with Gasteiger partial charge in [-0.15, -0.1) is 0 Å². The molecule has 9 nitrogen and oxygen atoms in total. The Hall–Kier alpha value is -4.27. The Morgan fingerprint density at radius 1 is 1.03 bits per heavy atom. The molecule has 2 aromatic carbocycles. The molecule has 0 spiro atoms. The number of anilines is 1. The van der Waals surface area contributed by atoms with Gasteiger partial charge in [-0.05, 0) is 41.5 Å². The number of nitro groups is 1. The lowest BCUT2D eigenvalue weighted by Crippen LogP contribution is -2.14. The number of ether oxygens (including phenoxy) is 1. The number of benzene rings is 2. The Labute approximate surface area is 164 Å². The summed E-state index contributed by atoms with van der Waals surface area (Å²) in [6.45, 7) is 0. The molecule has 0 amide bonds. The number of aromatic amines is 1. The zero-order valence-corrected chi connectivity index (χ0v) is 15.2. The molecule has 4 aromatic rings. The van der Waals surface area contributed by atoms with Gasteiger partial charge in [0.25, 0.3) is 5.69 Å². The summed E-state index contributed by atoms with van der Waals surface area (Å²) in [5.74, 6) is 0.857. The van der Waals surface area contributed by atoms with Gasteiger partial charge >= 0.3 is 5.69 Å². The van der Waals surface area contributed by atoms with Crippen LogP contribution in [-0.4, -0.2) is 27.0 Å². The standard InChI is InChI=1S/C20H15N5O4/c1-29-14-8-4-11(5-9-14)15-10-16(12-2-6-13(7-3-12)25(27)28)22-19-17(15)18(21)23-20(26)24-19/h2-10H,1H3,(H3,21,22,23,24,26). The number of rotatable bonds is 4. The number of methoxy groups -OCH3 is 1. The number of aromatic nitrogens is 3. The van der Waals surface area contributed by atoms with Gasteiger partial charge in [-0.25, -0.2) is 9.78 Å². The van der Waals surface area contributed by atoms with Crippen molar-refractivity contribution in [1.29, 1.82) is 0 Å². The van der Waals surface area contributed by atoms with E-state index >= 15 is 0 Å². The van der Waals surface area contributed by atoms with Crippen LogP contribution in [0.2, 0.25) is 0 Å². The van der Waals surface area contributed by atoms with E-state index < -0.39 is 10.6 Å². The molecule has 9 heteroatoms. The lowest BCUT2D eigenvalue weighted by molar-refractivity contribution is -0.384. The van der Waals surface area contributed by atoms with Crippen molar-refractivity contribution in [3.63, 3.8) is 0 Å². The summed E-state index contributed by atoms with van der Waals surface area (Å²) in [6.07, 6.45) is 0. The minimum atomic E-state index is -0.607. The zero-order chi connectivity index (χ0) is 20.5. The van der Waals surface area contributed by atoms with Gasteiger partial charge in [-0.3, -0.25) is 15.1 Å². The molecule has 0 unspecified atom stereocenters. The number of nitrogens with zero attached hydrogens (tertiary/aromatic N) is 3. The van der Waals surface area contributed by atoms with Gasteiger partial charge < -0.3 is 10.5 Å². The first-order valence-corrected chi connectivity index (χ1v) is 8.56. The Bertz CT molecular complexity index is 1280. The number of hydrogen-bond acceptors (Lipinski definition) is 7. The van der Waals surface area contributed by atoms with Gasteiger partial charge in [-0.2, -0.15) is 4.98 Å². The summed E-state index contributed by atoms with van der Waals surface area (Å²) in [4.78, 5) is 33.2. The molecule has 2 heterocycles. The number of H-pyrrole nitrogens is 1. The summed E-state index contributed by atoms with van der Waals surface area (Å²) < 4.78 is 5.20. The lowest BCUT2D eigenvalue weighted by Gasteiger charge is -2.11. The van der Waals surface area contributed by atoms with Crippen LogP contribution in [0.25, 0.3) is 33.4 Å². The van der Waals surface area contributed by atoms with Crippen LogP contribution in [0.5, 0.6) is 5.75 Å². The smallest absolute Gasteiger partial charge is 0.348 e. The van der Waals surface area contributed by atoms with E-state index in [0.717, 1.165) is 5.56 Å². The highest BCUT2D eigenvalue weighted by Gasteiger charge is 2.15. The third-order valence-electron chi connectivity index (χ3n) is 4.49. The molecule has 29 heavy (non-hydrogen) atoms. The predicted octanol–water partition coefficient (Wildman–Crippen LogP) is 3.15. The first-order valence-electron chi connectivity index (χ1n) is 8.56. The number of nitrogen functional groups attached to an aromatic ring is 1. The Morgan fingerprint density at radius 3 is 2.31 bits per heavy atom. The van der Waals surface area contributed by atoms with Crippen molar-refractivity contribution in [3.8, 4) is 28.1 Å². The largest absolute Gasteiger partial charge is 0.497 e. The average molecular weight is 389 g/mol. The Balaban J connectivity index is 1.97. The minimum absolute atomic E-state index is 0.0243. The third-order valence-corrected chi connectivity index (χ3v) is 4.49. The van der Waals surface area contributed by atoms with Gasteiger partial charge in [0.2, 0.25) is 0 Å². The van der Waals surface area contributed by atoms with Crippen molar-refractivity contribution >= 4 is 22.5 Å². The van der Waals surface area contributed by atoms with Crippen molar-refractivity contribution in [3.05, 3.63) is 75.2 Å². The third kappa shape index (κ3) is 3.36. The fourth-order valence-corrected chi connectivity index (χ4v) is 3.08. The minimum Gasteiger partial charge on any atom is -0.497 e. The number of pyridine rings is 1. The summed E-state index contributed by atoms with van der Waals surface area (Å²) in [5, 5.41) is 11.4. The van der Waals surface area contributed by atoms with E-state index in [0.29, 0.717) is 28.0 Å². The molecular formula is C20H15N5O4. The van der Waals surface area contributed by atoms with Crippen molar-refractivity contribution in [2.24, 2.45) is 0 Å². The Morgan fingerprint density at radius 2 is 1.69 bits per heavy atom. The molecule has 0 saturated carbocycles. The fourth-order valence-electron chi connectivity index (χ4n) is 3.08. The van der Waals surface area contributed by atoms with Gasteiger partial charge in [0.1, 0.15) is 11.6 Å². The number of nitro benzene ring substituents is 1. The first kappa shape index (κ1) is 18.1. The molecule has 0 fully saturated rings. The fraction of sp³-hybridized carbons (Fsp3) is 0.0500. The maximum Gasteiger partial charge on any atom is 0.348 e. The molecule has 0 aliphatic rings. The van der Waals surface area contributed by atoms with Gasteiger partial charge in [0.15, 0.2) is 5.65 Å². The average Bonchev–Trinajstić information content (AvgIpc) is 2.72. The number of fused-ring (bicyclic) bond motifs is 1. The van der Waals surface area contributed by atoms with Gasteiger partial charge in [0.05, 0.1) is 23.1 Å². The molecule has 4 rings (SSSR count). The molecule has 0 aliphatic heterocycles. The molecule has 0 radical (unpaired) electrons. The quantitative estimate of drug-likeness (QED) is 0.404. The van der Waals surface area contributed by atoms with Crippen molar-refractivity contribution < 1.29 is 9.66 Å². The van der Waals surface area contributed by atoms with E-state index in [-0.39, 0.29) is 17.2 Å². The van der Waals surface area contributed by atoms with Gasteiger partial charge in [-0.1, -0.05) is 12.1 Å². The van der Waals surface area contributed by atoms with Crippen LogP contribution in [0.1, 0.15) is 0 Å². The first-order chi connectivity index (χ1) is 14.0. The number of nitrogens with one attached hydrogen (secondary N) is 1. The molecule has 144 valence electrons. The molecule has 0 saturated heterocycles. The lowest BCUT2D eigenvalue weighted by atomic mass is 9.99. The van der Waals surface area contributed by atoms with Gasteiger partial charge in [0, 0.05) is 17.7 Å². The summed E-state index contributed by atoms with van der Waals surface area (Å²) >= 11 is 0. The highest BCUT2D eigenvalue weighted by molar-refractivity contribution is 6.00. The Kier molecular flexibility index (Phi) is 4.40. The van der Waals surface area contributed by atoms with E-state index in [4.69, 9.17) is 10.5 Å². The van der Waals surface area contributed by atoms with Crippen LogP contribution >= 0.6 is 0 Å². The second-order valence-electron chi connectivity index (χ2n) is 6.24. The van der Waals surface area contributed by atoms with E-state index in [2.05, 4.69) is 15.0 Å². The van der Waals surface area contributed by atoms with Crippen LogP contribution in [0.15, 0.2) is 59.4 Å². The topological polar surface area (TPSA) is 137 Å². The summed E-state index contributed by atoms with van der Waals surface area (Å²) in [7, 11) is 1.58. The van der Waals surface area contributed by atoms with Crippen LogP contribution in [0, 0.1) is 10.1 Å². The molecule has 3 N–H and O–H groups in total. The SMILES string of the molecule is COc1ccc(-c2cc(-c3ccc([N+](=O)[O-])cc3)nc3nc(=O)[nH]c(N)c23)cc1. The monoisotopic (exact) mass is 389 g/mol. The number of hydrogen-bond donors (Lipinski definition) is 2. The second-order valence-corrected chi connectivity index (χ2v) is 6.24. The summed E-state index contributed by atoms with van der Waals surface area (Å²) in [6, 6.07) is 15.1. The van der Waals surface area contributed by atoms with Crippen LogP contribution < -0.4 is 16.2 Å². The number of nitrogens with two attached hydrogens (primary N) is 1. The molecule has 0 aliphatic carbocycles. The second kappa shape index (κ2) is 7.04. The van der Waals surface area contributed by atoms with Crippen molar-refractivity contribution in [2.75, 3.05) is 12.8 Å². The van der Waals surface area contributed by atoms with E-state index in [1.54, 1.807) is 19.2 Å². The molecular weight excluding hydrogens is 374 g/mol. The molecule has 0 atom stereocenters. The zero-order valence-electron chi connectivity index (χ0n) is 15.2. The van der Waals surface area contributed by atoms with Crippen LogP contribution in [0.4, 0.5) is 11.5 Å². The highest BCUT2D eigenvalue weighted by Crippen LogP contribution is 2.34. The number of non-ortho nitro benzene ring substituents is 1. The van der Waals surface area contributed by atoms with E-state index in [1.165, 1.54) is 12.1 Å². The summed E-state index contributed by atoms with van der Waals surface area (Å²) in [5.41, 5.74) is 8.31. The molecule has 2 aromatic heterocycles. The molecule has 0 bridgehead atoms. The van der Waals surface area contributed by atoms with Crippen molar-refractivity contribution in [2.45, 2.75) is 0 Å². The van der Waals surface area contributed by atoms with Crippen LogP contribution in [-0.2, 0) is 0 Å².